The molecule has 0 saturated carbocycles. The van der Waals surface area contributed by atoms with Crippen molar-refractivity contribution in [2.45, 2.75) is 6.92 Å². The van der Waals surface area contributed by atoms with E-state index in [9.17, 15) is 9.18 Å². The Morgan fingerprint density at radius 3 is 2.36 bits per heavy atom. The number of hydrogen-bond acceptors (Lipinski definition) is 3. The minimum atomic E-state index is -0.287. The van der Waals surface area contributed by atoms with Gasteiger partial charge in [-0.1, -0.05) is 29.8 Å². The number of carbonyl (C=O) groups is 1. The van der Waals surface area contributed by atoms with Gasteiger partial charge < -0.3 is 9.80 Å². The lowest BCUT2D eigenvalue weighted by atomic mass is 10.1. The number of hydrogen-bond donors (Lipinski definition) is 0. The third kappa shape index (κ3) is 3.87. The molecule has 146 valence electrons. The molecule has 0 atom stereocenters. The molecule has 2 heterocycles. The van der Waals surface area contributed by atoms with Crippen molar-refractivity contribution in [3.63, 3.8) is 0 Å². The second-order valence-electron chi connectivity index (χ2n) is 6.69. The van der Waals surface area contributed by atoms with Gasteiger partial charge >= 0.3 is 0 Å². The van der Waals surface area contributed by atoms with Crippen molar-refractivity contribution in [1.29, 1.82) is 0 Å². The van der Waals surface area contributed by atoms with Crippen molar-refractivity contribution in [3.8, 4) is 5.69 Å². The monoisotopic (exact) mass is 400 g/mol. The van der Waals surface area contributed by atoms with Gasteiger partial charge in [0.25, 0.3) is 5.91 Å². The number of carbonyl (C=O) groups excluding carboxylic acids is 1. The summed E-state index contributed by atoms with van der Waals surface area (Å²) in [4.78, 5) is 21.0. The van der Waals surface area contributed by atoms with Crippen LogP contribution in [0.15, 0.2) is 60.9 Å². The number of anilines is 1. The number of nitrogens with zero attached hydrogens (tertiary/aromatic N) is 4. The molecule has 0 aliphatic carbocycles. The standard InChI is InChI=1S/C21H21FN4O.ClH/c1-16-6-8-17(9-7-16)20(27)24-12-14-25(15-13-24)21-23-10-11-26(21)19-5-3-2-4-18(19)22;/h2-11H,12-15H2,1H3;1H. The molecule has 0 unspecified atom stereocenters. The molecule has 1 amide bonds. The van der Waals surface area contributed by atoms with Gasteiger partial charge in [-0.3, -0.25) is 9.36 Å². The highest BCUT2D eigenvalue weighted by Gasteiger charge is 2.25. The maximum Gasteiger partial charge on any atom is 0.253 e. The predicted octanol–water partition coefficient (Wildman–Crippen LogP) is 3.70. The first-order chi connectivity index (χ1) is 13.1. The molecule has 1 saturated heterocycles. The maximum atomic E-state index is 14.2. The number of rotatable bonds is 3. The highest BCUT2D eigenvalue weighted by atomic mass is 35.5. The Bertz CT molecular complexity index is 949. The fourth-order valence-corrected chi connectivity index (χ4v) is 3.35. The number of aryl methyl sites for hydroxylation is 1. The molecule has 1 aliphatic heterocycles. The number of halogens is 2. The van der Waals surface area contributed by atoms with Crippen molar-refractivity contribution in [2.75, 3.05) is 31.1 Å². The van der Waals surface area contributed by atoms with Gasteiger partial charge in [0.2, 0.25) is 5.95 Å². The summed E-state index contributed by atoms with van der Waals surface area (Å²) < 4.78 is 15.9. The van der Waals surface area contributed by atoms with Crippen molar-refractivity contribution < 1.29 is 9.18 Å². The number of piperazine rings is 1. The summed E-state index contributed by atoms with van der Waals surface area (Å²) in [5, 5.41) is 0. The lowest BCUT2D eigenvalue weighted by Crippen LogP contribution is -2.49. The van der Waals surface area contributed by atoms with Gasteiger partial charge in [-0.2, -0.15) is 0 Å². The van der Waals surface area contributed by atoms with Gasteiger partial charge in [0, 0.05) is 44.1 Å². The van der Waals surface area contributed by atoms with Crippen LogP contribution in [0.2, 0.25) is 0 Å². The Hall–Kier alpha value is -2.86. The molecule has 0 N–H and O–H groups in total. The predicted molar refractivity (Wildman–Crippen MR) is 110 cm³/mol. The molecule has 7 heteroatoms. The van der Waals surface area contributed by atoms with E-state index in [1.165, 1.54) is 6.07 Å². The van der Waals surface area contributed by atoms with Crippen molar-refractivity contribution >= 4 is 24.3 Å². The van der Waals surface area contributed by atoms with Crippen molar-refractivity contribution in [3.05, 3.63) is 77.9 Å². The zero-order valence-corrected chi connectivity index (χ0v) is 16.4. The van der Waals surface area contributed by atoms with Crippen molar-refractivity contribution in [2.24, 2.45) is 0 Å². The first-order valence-corrected chi connectivity index (χ1v) is 9.02. The minimum absolute atomic E-state index is 0. The average Bonchev–Trinajstić information content (AvgIpc) is 3.18. The van der Waals surface area contributed by atoms with Crippen LogP contribution in [0.3, 0.4) is 0 Å². The Morgan fingerprint density at radius 1 is 1.00 bits per heavy atom. The number of amides is 1. The Labute approximate surface area is 169 Å². The van der Waals surface area contributed by atoms with Crippen LogP contribution in [0.5, 0.6) is 0 Å². The molecule has 0 radical (unpaired) electrons. The highest BCUT2D eigenvalue weighted by Crippen LogP contribution is 2.22. The van der Waals surface area contributed by atoms with Crippen LogP contribution in [0.25, 0.3) is 5.69 Å². The summed E-state index contributed by atoms with van der Waals surface area (Å²) in [6.07, 6.45) is 3.43. The van der Waals surface area contributed by atoms with Crippen LogP contribution in [0.1, 0.15) is 15.9 Å². The van der Waals surface area contributed by atoms with E-state index in [0.29, 0.717) is 43.4 Å². The van der Waals surface area contributed by atoms with Crippen molar-refractivity contribution in [1.82, 2.24) is 14.5 Å². The summed E-state index contributed by atoms with van der Waals surface area (Å²) in [6.45, 7) is 4.53. The van der Waals surface area contributed by atoms with E-state index >= 15 is 0 Å². The Morgan fingerprint density at radius 2 is 1.68 bits per heavy atom. The zero-order chi connectivity index (χ0) is 18.8. The van der Waals surface area contributed by atoms with E-state index < -0.39 is 0 Å². The van der Waals surface area contributed by atoms with Gasteiger partial charge in [-0.25, -0.2) is 9.37 Å². The topological polar surface area (TPSA) is 41.4 Å². The molecule has 0 spiro atoms. The fraction of sp³-hybridized carbons (Fsp3) is 0.238. The van der Waals surface area contributed by atoms with Crippen LogP contribution >= 0.6 is 12.4 Å². The second kappa shape index (κ2) is 8.44. The molecular weight excluding hydrogens is 379 g/mol. The SMILES string of the molecule is Cc1ccc(C(=O)N2CCN(c3nccn3-c3ccccc3F)CC2)cc1.Cl. The second-order valence-corrected chi connectivity index (χ2v) is 6.69. The van der Waals surface area contributed by atoms with Gasteiger partial charge in [0.05, 0.1) is 5.69 Å². The molecule has 1 fully saturated rings. The molecule has 1 aliphatic rings. The first-order valence-electron chi connectivity index (χ1n) is 9.02. The molecule has 0 bridgehead atoms. The van der Waals surface area contributed by atoms with Crippen LogP contribution in [-0.2, 0) is 0 Å². The lowest BCUT2D eigenvalue weighted by Gasteiger charge is -2.35. The third-order valence-corrected chi connectivity index (χ3v) is 4.88. The van der Waals surface area contributed by atoms with Gasteiger partial charge in [0.1, 0.15) is 5.82 Å². The van der Waals surface area contributed by atoms with Gasteiger partial charge in [0.15, 0.2) is 0 Å². The summed E-state index contributed by atoms with van der Waals surface area (Å²) in [6, 6.07) is 14.3. The van der Waals surface area contributed by atoms with Crippen LogP contribution in [-0.4, -0.2) is 46.5 Å². The van der Waals surface area contributed by atoms with Gasteiger partial charge in [-0.05, 0) is 31.2 Å². The Kier molecular flexibility index (Phi) is 5.99. The maximum absolute atomic E-state index is 14.2. The number of para-hydroxylation sites is 1. The summed E-state index contributed by atoms with van der Waals surface area (Å²) >= 11 is 0. The first kappa shape index (κ1) is 19.9. The van der Waals surface area contributed by atoms with Crippen LogP contribution in [0, 0.1) is 12.7 Å². The minimum Gasteiger partial charge on any atom is -0.338 e. The van der Waals surface area contributed by atoms with Crippen LogP contribution < -0.4 is 4.90 Å². The fourth-order valence-electron chi connectivity index (χ4n) is 3.35. The summed E-state index contributed by atoms with van der Waals surface area (Å²) in [5.41, 5.74) is 2.32. The molecule has 1 aromatic heterocycles. The van der Waals surface area contributed by atoms with E-state index in [1.54, 1.807) is 35.2 Å². The quantitative estimate of drug-likeness (QED) is 0.673. The lowest BCUT2D eigenvalue weighted by molar-refractivity contribution is 0.0746. The van der Waals surface area contributed by atoms with Gasteiger partial charge in [-0.15, -0.1) is 12.4 Å². The molecular formula is C21H22ClFN4O. The Balaban J connectivity index is 0.00000225. The molecule has 3 aromatic rings. The molecule has 28 heavy (non-hydrogen) atoms. The normalized spacial score (nSPS) is 13.9. The van der Waals surface area contributed by atoms with E-state index in [-0.39, 0.29) is 24.1 Å². The summed E-state index contributed by atoms with van der Waals surface area (Å²) in [7, 11) is 0. The molecule has 2 aromatic carbocycles. The van der Waals surface area contributed by atoms with E-state index in [4.69, 9.17) is 0 Å². The third-order valence-electron chi connectivity index (χ3n) is 4.88. The van der Waals surface area contributed by atoms with Crippen LogP contribution in [0.4, 0.5) is 10.3 Å². The average molecular weight is 401 g/mol. The number of benzene rings is 2. The number of imidazole rings is 1. The number of aromatic nitrogens is 2. The van der Waals surface area contributed by atoms with E-state index in [1.807, 2.05) is 36.1 Å². The van der Waals surface area contributed by atoms with E-state index in [2.05, 4.69) is 9.88 Å². The summed E-state index contributed by atoms with van der Waals surface area (Å²) in [5.74, 6) is 0.458. The zero-order valence-electron chi connectivity index (χ0n) is 15.6. The molecule has 5 nitrogen and oxygen atoms in total. The highest BCUT2D eigenvalue weighted by molar-refractivity contribution is 5.94. The van der Waals surface area contributed by atoms with E-state index in [0.717, 1.165) is 5.56 Å². The molecule has 4 rings (SSSR count). The smallest absolute Gasteiger partial charge is 0.253 e. The largest absolute Gasteiger partial charge is 0.338 e.